The highest BCUT2D eigenvalue weighted by Crippen LogP contribution is 2.32. The number of fused-ring (bicyclic) bond motifs is 1. The number of amides is 1. The Morgan fingerprint density at radius 1 is 1.21 bits per heavy atom. The predicted molar refractivity (Wildman–Crippen MR) is 128 cm³/mol. The first-order valence-corrected chi connectivity index (χ1v) is 13.8. The summed E-state index contributed by atoms with van der Waals surface area (Å²) in [7, 11) is -3.67. The molecule has 0 bridgehead atoms. The molecule has 2 heterocycles. The molecule has 1 aliphatic heterocycles. The van der Waals surface area contributed by atoms with Crippen LogP contribution in [-0.4, -0.2) is 44.3 Å². The molecule has 1 atom stereocenters. The van der Waals surface area contributed by atoms with Crippen LogP contribution in [0.4, 0.5) is 5.69 Å². The Morgan fingerprint density at radius 3 is 2.73 bits per heavy atom. The van der Waals surface area contributed by atoms with Crippen molar-refractivity contribution in [1.82, 2.24) is 4.31 Å². The summed E-state index contributed by atoms with van der Waals surface area (Å²) in [6.07, 6.45) is 5.69. The number of esters is 1. The third kappa shape index (κ3) is 5.59. The number of carbonyl (C=O) groups excluding carboxylic acids is 2. The number of piperidine rings is 1. The van der Waals surface area contributed by atoms with Crippen molar-refractivity contribution in [2.75, 3.05) is 25.0 Å². The molecule has 1 aromatic carbocycles. The molecule has 4 rings (SSSR count). The van der Waals surface area contributed by atoms with Gasteiger partial charge in [-0.3, -0.25) is 4.79 Å². The summed E-state index contributed by atoms with van der Waals surface area (Å²) in [6.45, 7) is 2.67. The van der Waals surface area contributed by atoms with Crippen LogP contribution in [0.1, 0.15) is 52.7 Å². The number of sulfonamides is 1. The van der Waals surface area contributed by atoms with Gasteiger partial charge >= 0.3 is 5.97 Å². The molecular weight excluding hydrogens is 484 g/mol. The van der Waals surface area contributed by atoms with E-state index in [4.69, 9.17) is 16.3 Å². The zero-order valence-electron chi connectivity index (χ0n) is 18.4. The summed E-state index contributed by atoms with van der Waals surface area (Å²) >= 11 is 7.60. The lowest BCUT2D eigenvalue weighted by Crippen LogP contribution is -2.35. The number of hydrogen-bond acceptors (Lipinski definition) is 6. The van der Waals surface area contributed by atoms with Crippen LogP contribution >= 0.6 is 22.9 Å². The van der Waals surface area contributed by atoms with Crippen molar-refractivity contribution in [2.45, 2.75) is 50.3 Å². The van der Waals surface area contributed by atoms with Crippen LogP contribution < -0.4 is 5.32 Å². The highest BCUT2D eigenvalue weighted by atomic mass is 35.5. The van der Waals surface area contributed by atoms with Gasteiger partial charge in [-0.05, 0) is 67.9 Å². The summed E-state index contributed by atoms with van der Waals surface area (Å²) in [6, 6.07) is 6.08. The normalized spacial score (nSPS) is 19.0. The minimum absolute atomic E-state index is 0.0690. The predicted octanol–water partition coefficient (Wildman–Crippen LogP) is 4.50. The molecule has 1 saturated heterocycles. The van der Waals surface area contributed by atoms with Crippen molar-refractivity contribution < 1.29 is 22.7 Å². The van der Waals surface area contributed by atoms with E-state index in [1.807, 2.05) is 6.07 Å². The fourth-order valence-electron chi connectivity index (χ4n) is 4.21. The zero-order chi connectivity index (χ0) is 23.6. The first-order valence-electron chi connectivity index (χ1n) is 11.1. The quantitative estimate of drug-likeness (QED) is 0.578. The minimum atomic E-state index is -3.67. The van der Waals surface area contributed by atoms with E-state index in [-0.39, 0.29) is 15.6 Å². The van der Waals surface area contributed by atoms with Gasteiger partial charge in [0.2, 0.25) is 10.0 Å². The minimum Gasteiger partial charge on any atom is -0.451 e. The number of nitrogens with one attached hydrogen (secondary N) is 1. The lowest BCUT2D eigenvalue weighted by molar-refractivity contribution is -0.119. The molecule has 178 valence electrons. The van der Waals surface area contributed by atoms with Crippen LogP contribution in [0, 0.1) is 5.92 Å². The Morgan fingerprint density at radius 2 is 1.97 bits per heavy atom. The molecule has 10 heteroatoms. The largest absolute Gasteiger partial charge is 0.451 e. The van der Waals surface area contributed by atoms with Crippen molar-refractivity contribution in [3.05, 3.63) is 44.6 Å². The molecule has 0 saturated carbocycles. The summed E-state index contributed by atoms with van der Waals surface area (Å²) < 4.78 is 32.5. The molecule has 1 N–H and O–H groups in total. The number of aryl methyl sites for hydroxylation is 1. The molecule has 1 aliphatic carbocycles. The Balaban J connectivity index is 1.38. The number of rotatable bonds is 6. The number of benzene rings is 1. The first-order chi connectivity index (χ1) is 15.7. The number of halogens is 1. The molecule has 33 heavy (non-hydrogen) atoms. The van der Waals surface area contributed by atoms with Crippen molar-refractivity contribution in [3.8, 4) is 0 Å². The summed E-state index contributed by atoms with van der Waals surface area (Å²) in [5.74, 6) is -0.529. The van der Waals surface area contributed by atoms with Crippen LogP contribution in [-0.2, 0) is 32.4 Å². The molecule has 0 spiro atoms. The molecule has 0 radical (unpaired) electrons. The standard InChI is InChI=1S/C23H27ClN2O5S2/c1-15-5-8-20-16(11-15)12-21(32-20)23(28)31-14-22(27)25-19-13-17(6-7-18(19)24)33(29,30)26-9-3-2-4-10-26/h6-7,12-13,15H,2-5,8-11,14H2,1H3,(H,25,27). The second-order valence-electron chi connectivity index (χ2n) is 8.64. The summed E-state index contributed by atoms with van der Waals surface area (Å²) in [5, 5.41) is 2.76. The highest BCUT2D eigenvalue weighted by Gasteiger charge is 2.27. The second-order valence-corrected chi connectivity index (χ2v) is 12.1. The topological polar surface area (TPSA) is 92.8 Å². The average Bonchev–Trinajstić information content (AvgIpc) is 3.22. The maximum Gasteiger partial charge on any atom is 0.348 e. The van der Waals surface area contributed by atoms with E-state index in [0.717, 1.165) is 38.5 Å². The molecule has 1 fully saturated rings. The van der Waals surface area contributed by atoms with Crippen LogP contribution in [0.2, 0.25) is 5.02 Å². The highest BCUT2D eigenvalue weighted by molar-refractivity contribution is 7.89. The molecular formula is C23H27ClN2O5S2. The fourth-order valence-corrected chi connectivity index (χ4v) is 7.02. The fraction of sp³-hybridized carbons (Fsp3) is 0.478. The van der Waals surface area contributed by atoms with Crippen molar-refractivity contribution in [2.24, 2.45) is 5.92 Å². The zero-order valence-corrected chi connectivity index (χ0v) is 20.8. The number of nitrogens with zero attached hydrogens (tertiary/aromatic N) is 1. The maximum atomic E-state index is 12.9. The third-order valence-corrected chi connectivity index (χ3v) is 9.47. The van der Waals surface area contributed by atoms with E-state index >= 15 is 0 Å². The monoisotopic (exact) mass is 510 g/mol. The van der Waals surface area contributed by atoms with Crippen LogP contribution in [0.25, 0.3) is 0 Å². The Labute approximate surface area is 203 Å². The average molecular weight is 511 g/mol. The van der Waals surface area contributed by atoms with E-state index in [0.29, 0.717) is 23.9 Å². The van der Waals surface area contributed by atoms with Gasteiger partial charge in [0.1, 0.15) is 4.88 Å². The van der Waals surface area contributed by atoms with Crippen LogP contribution in [0.5, 0.6) is 0 Å². The number of ether oxygens (including phenoxy) is 1. The van der Waals surface area contributed by atoms with Gasteiger partial charge in [0, 0.05) is 18.0 Å². The number of hydrogen-bond donors (Lipinski definition) is 1. The van der Waals surface area contributed by atoms with Gasteiger partial charge in [-0.25, -0.2) is 13.2 Å². The molecule has 1 amide bonds. The SMILES string of the molecule is CC1CCc2sc(C(=O)OCC(=O)Nc3cc(S(=O)(=O)N4CCCCC4)ccc3Cl)cc2C1. The van der Waals surface area contributed by atoms with E-state index in [1.165, 1.54) is 44.3 Å². The van der Waals surface area contributed by atoms with Crippen molar-refractivity contribution >= 4 is 50.5 Å². The van der Waals surface area contributed by atoms with Crippen molar-refractivity contribution in [3.63, 3.8) is 0 Å². The Kier molecular flexibility index (Phi) is 7.43. The van der Waals surface area contributed by atoms with Gasteiger partial charge in [0.15, 0.2) is 6.61 Å². The van der Waals surface area contributed by atoms with E-state index in [2.05, 4.69) is 12.2 Å². The third-order valence-electron chi connectivity index (χ3n) is 6.03. The lowest BCUT2D eigenvalue weighted by atomic mass is 9.90. The second kappa shape index (κ2) is 10.1. The molecule has 2 aliphatic rings. The van der Waals surface area contributed by atoms with Gasteiger partial charge in [-0.1, -0.05) is 24.9 Å². The number of anilines is 1. The molecule has 1 aromatic heterocycles. The van der Waals surface area contributed by atoms with E-state index < -0.39 is 28.5 Å². The van der Waals surface area contributed by atoms with Crippen LogP contribution in [0.15, 0.2) is 29.2 Å². The number of thiophene rings is 1. The molecule has 7 nitrogen and oxygen atoms in total. The van der Waals surface area contributed by atoms with Gasteiger partial charge in [-0.15, -0.1) is 11.3 Å². The molecule has 2 aromatic rings. The maximum absolute atomic E-state index is 12.9. The van der Waals surface area contributed by atoms with Crippen molar-refractivity contribution in [1.29, 1.82) is 0 Å². The first kappa shape index (κ1) is 24.2. The smallest absolute Gasteiger partial charge is 0.348 e. The lowest BCUT2D eigenvalue weighted by Gasteiger charge is -2.26. The van der Waals surface area contributed by atoms with Gasteiger partial charge in [0.25, 0.3) is 5.91 Å². The summed E-state index contributed by atoms with van der Waals surface area (Å²) in [5.41, 5.74) is 1.35. The van der Waals surface area contributed by atoms with Crippen LogP contribution in [0.3, 0.4) is 0 Å². The Bertz CT molecular complexity index is 1160. The van der Waals surface area contributed by atoms with Gasteiger partial charge in [0.05, 0.1) is 15.6 Å². The molecule has 1 unspecified atom stereocenters. The van der Waals surface area contributed by atoms with Gasteiger partial charge < -0.3 is 10.1 Å². The van der Waals surface area contributed by atoms with Gasteiger partial charge in [-0.2, -0.15) is 4.31 Å². The van der Waals surface area contributed by atoms with E-state index in [1.54, 1.807) is 0 Å². The summed E-state index contributed by atoms with van der Waals surface area (Å²) in [4.78, 5) is 26.6. The Hall–Kier alpha value is -1.94. The number of carbonyl (C=O) groups is 2. The van der Waals surface area contributed by atoms with E-state index in [9.17, 15) is 18.0 Å².